The van der Waals surface area contributed by atoms with Crippen LogP contribution in [0.15, 0.2) is 34.5 Å². The van der Waals surface area contributed by atoms with Gasteiger partial charge in [0.05, 0.1) is 18.1 Å². The Kier molecular flexibility index (Phi) is 7.13. The molecule has 1 N–H and O–H groups in total. The van der Waals surface area contributed by atoms with E-state index >= 15 is 0 Å². The number of unbranched alkanes of at least 4 members (excludes halogenated alkanes) is 3. The highest BCUT2D eigenvalue weighted by molar-refractivity contribution is 8.15. The molecule has 1 heterocycles. The molecule has 1 aliphatic rings. The lowest BCUT2D eigenvalue weighted by Gasteiger charge is -2.05. The number of carbonyl (C=O) groups is 1. The van der Waals surface area contributed by atoms with E-state index in [9.17, 15) is 4.79 Å². The third-order valence-corrected chi connectivity index (χ3v) is 4.36. The van der Waals surface area contributed by atoms with Crippen molar-refractivity contribution in [2.24, 2.45) is 10.2 Å². The van der Waals surface area contributed by atoms with Crippen molar-refractivity contribution in [1.29, 1.82) is 0 Å². The molecule has 0 saturated carbocycles. The van der Waals surface area contributed by atoms with E-state index in [1.807, 2.05) is 31.2 Å². The van der Waals surface area contributed by atoms with Gasteiger partial charge in [0.1, 0.15) is 5.75 Å². The van der Waals surface area contributed by atoms with Crippen LogP contribution in [0, 0.1) is 0 Å². The SMILES string of the molecule is CCCCCCOc1ccc(C=NN=C2NC(=O)[C@H](C)S2)cc1. The van der Waals surface area contributed by atoms with E-state index in [-0.39, 0.29) is 11.2 Å². The highest BCUT2D eigenvalue weighted by Gasteiger charge is 2.25. The molecule has 0 bridgehead atoms. The predicted molar refractivity (Wildman–Crippen MR) is 96.3 cm³/mol. The molecule has 1 atom stereocenters. The highest BCUT2D eigenvalue weighted by Crippen LogP contribution is 2.18. The maximum Gasteiger partial charge on any atom is 0.239 e. The molecule has 1 saturated heterocycles. The van der Waals surface area contributed by atoms with E-state index < -0.39 is 0 Å². The molecule has 124 valence electrons. The molecule has 0 spiro atoms. The van der Waals surface area contributed by atoms with Gasteiger partial charge in [0, 0.05) is 0 Å². The van der Waals surface area contributed by atoms with Crippen molar-refractivity contribution < 1.29 is 9.53 Å². The first kappa shape index (κ1) is 17.5. The van der Waals surface area contributed by atoms with Gasteiger partial charge in [0.25, 0.3) is 0 Å². The second-order valence-corrected chi connectivity index (χ2v) is 6.71. The zero-order valence-corrected chi connectivity index (χ0v) is 14.4. The summed E-state index contributed by atoms with van der Waals surface area (Å²) in [5, 5.41) is 11.1. The maximum absolute atomic E-state index is 11.3. The van der Waals surface area contributed by atoms with E-state index in [4.69, 9.17) is 4.74 Å². The lowest BCUT2D eigenvalue weighted by molar-refractivity contribution is -0.118. The minimum Gasteiger partial charge on any atom is -0.494 e. The average molecular weight is 333 g/mol. The third kappa shape index (κ3) is 6.06. The first-order chi connectivity index (χ1) is 11.2. The number of thioether (sulfide) groups is 1. The van der Waals surface area contributed by atoms with Crippen LogP contribution >= 0.6 is 11.8 Å². The van der Waals surface area contributed by atoms with Crippen molar-refractivity contribution in [3.8, 4) is 5.75 Å². The van der Waals surface area contributed by atoms with Gasteiger partial charge in [-0.05, 0) is 43.2 Å². The summed E-state index contributed by atoms with van der Waals surface area (Å²) in [7, 11) is 0. The van der Waals surface area contributed by atoms with Gasteiger partial charge < -0.3 is 10.1 Å². The number of hydrogen-bond acceptors (Lipinski definition) is 5. The van der Waals surface area contributed by atoms with Crippen molar-refractivity contribution in [2.75, 3.05) is 6.61 Å². The summed E-state index contributed by atoms with van der Waals surface area (Å²) >= 11 is 1.38. The Labute approximate surface area is 141 Å². The molecule has 1 aromatic rings. The van der Waals surface area contributed by atoms with E-state index in [0.717, 1.165) is 24.3 Å². The normalized spacial score (nSPS) is 19.5. The highest BCUT2D eigenvalue weighted by atomic mass is 32.2. The van der Waals surface area contributed by atoms with Crippen LogP contribution in [0.5, 0.6) is 5.75 Å². The first-order valence-electron chi connectivity index (χ1n) is 8.00. The molecule has 0 aromatic heterocycles. The van der Waals surface area contributed by atoms with Gasteiger partial charge in [0.15, 0.2) is 5.17 Å². The lowest BCUT2D eigenvalue weighted by atomic mass is 10.2. The van der Waals surface area contributed by atoms with Crippen molar-refractivity contribution in [2.45, 2.75) is 44.8 Å². The van der Waals surface area contributed by atoms with E-state index in [1.54, 1.807) is 6.21 Å². The number of hydrogen-bond donors (Lipinski definition) is 1. The Morgan fingerprint density at radius 1 is 1.26 bits per heavy atom. The number of nitrogens with one attached hydrogen (secondary N) is 1. The Morgan fingerprint density at radius 2 is 2.04 bits per heavy atom. The fraction of sp³-hybridized carbons (Fsp3) is 0.471. The third-order valence-electron chi connectivity index (χ3n) is 3.39. The van der Waals surface area contributed by atoms with E-state index in [1.165, 1.54) is 31.0 Å². The number of benzene rings is 1. The molecule has 0 radical (unpaired) electrons. The summed E-state index contributed by atoms with van der Waals surface area (Å²) < 4.78 is 5.69. The van der Waals surface area contributed by atoms with Crippen LogP contribution in [0.1, 0.15) is 45.1 Å². The number of rotatable bonds is 8. The second kappa shape index (κ2) is 9.35. The second-order valence-electron chi connectivity index (χ2n) is 5.38. The summed E-state index contributed by atoms with van der Waals surface area (Å²) in [5.41, 5.74) is 0.940. The molecular weight excluding hydrogens is 310 g/mol. The van der Waals surface area contributed by atoms with Gasteiger partial charge in [-0.15, -0.1) is 5.10 Å². The number of ether oxygens (including phenoxy) is 1. The maximum atomic E-state index is 11.3. The van der Waals surface area contributed by atoms with Crippen molar-refractivity contribution in [3.63, 3.8) is 0 Å². The zero-order valence-electron chi connectivity index (χ0n) is 13.6. The molecule has 1 aliphatic heterocycles. The number of amidine groups is 1. The van der Waals surface area contributed by atoms with Gasteiger partial charge in [-0.2, -0.15) is 5.10 Å². The summed E-state index contributed by atoms with van der Waals surface area (Å²) in [6, 6.07) is 7.74. The number of amides is 1. The standard InChI is InChI=1S/C17H23N3O2S/c1-3-4-5-6-11-22-15-9-7-14(8-10-15)12-18-20-17-19-16(21)13(2)23-17/h7-10,12-13H,3-6,11H2,1-2H3,(H,19,20,21)/t13-/m0/s1. The quantitative estimate of drug-likeness (QED) is 0.449. The van der Waals surface area contributed by atoms with Crippen LogP contribution in [0.25, 0.3) is 0 Å². The Balaban J connectivity index is 1.77. The lowest BCUT2D eigenvalue weighted by Crippen LogP contribution is -2.23. The molecule has 6 heteroatoms. The smallest absolute Gasteiger partial charge is 0.239 e. The van der Waals surface area contributed by atoms with Crippen molar-refractivity contribution >= 4 is 29.1 Å². The van der Waals surface area contributed by atoms with Crippen molar-refractivity contribution in [1.82, 2.24) is 5.32 Å². The van der Waals surface area contributed by atoms with Crippen LogP contribution in [-0.4, -0.2) is 29.1 Å². The van der Waals surface area contributed by atoms with Crippen molar-refractivity contribution in [3.05, 3.63) is 29.8 Å². The molecule has 1 amide bonds. The molecule has 0 aliphatic carbocycles. The van der Waals surface area contributed by atoms with Gasteiger partial charge >= 0.3 is 0 Å². The monoisotopic (exact) mass is 333 g/mol. The molecule has 2 rings (SSSR count). The Morgan fingerprint density at radius 3 is 2.70 bits per heavy atom. The Hall–Kier alpha value is -1.82. The fourth-order valence-electron chi connectivity index (χ4n) is 2.02. The van der Waals surface area contributed by atoms with E-state index in [0.29, 0.717) is 5.17 Å². The number of nitrogens with zero attached hydrogens (tertiary/aromatic N) is 2. The van der Waals surface area contributed by atoms with Crippen LogP contribution in [-0.2, 0) is 4.79 Å². The van der Waals surface area contributed by atoms with Gasteiger partial charge in [0.2, 0.25) is 5.91 Å². The van der Waals surface area contributed by atoms with Crippen LogP contribution in [0.4, 0.5) is 0 Å². The summed E-state index contributed by atoms with van der Waals surface area (Å²) in [4.78, 5) is 11.3. The van der Waals surface area contributed by atoms with Crippen LogP contribution in [0.3, 0.4) is 0 Å². The molecule has 1 aromatic carbocycles. The molecular formula is C17H23N3O2S. The molecule has 5 nitrogen and oxygen atoms in total. The van der Waals surface area contributed by atoms with Gasteiger partial charge in [-0.1, -0.05) is 37.9 Å². The Bertz CT molecular complexity index is 570. The predicted octanol–water partition coefficient (Wildman–Crippen LogP) is 3.59. The molecule has 23 heavy (non-hydrogen) atoms. The fourth-order valence-corrected chi connectivity index (χ4v) is 2.78. The van der Waals surface area contributed by atoms with Gasteiger partial charge in [-0.25, -0.2) is 0 Å². The summed E-state index contributed by atoms with van der Waals surface area (Å²) in [6.07, 6.45) is 6.47. The van der Waals surface area contributed by atoms with Crippen LogP contribution in [0.2, 0.25) is 0 Å². The topological polar surface area (TPSA) is 63.1 Å². The zero-order chi connectivity index (χ0) is 16.5. The van der Waals surface area contributed by atoms with Crippen LogP contribution < -0.4 is 10.1 Å². The van der Waals surface area contributed by atoms with E-state index in [2.05, 4.69) is 22.4 Å². The average Bonchev–Trinajstić information content (AvgIpc) is 2.87. The summed E-state index contributed by atoms with van der Waals surface area (Å²) in [6.45, 7) is 4.80. The minimum absolute atomic E-state index is 0.0237. The minimum atomic E-state index is -0.0993. The van der Waals surface area contributed by atoms with Gasteiger partial charge in [-0.3, -0.25) is 4.79 Å². The first-order valence-corrected chi connectivity index (χ1v) is 8.88. The number of carbonyl (C=O) groups excluding carboxylic acids is 1. The summed E-state index contributed by atoms with van der Waals surface area (Å²) in [5.74, 6) is 0.849. The molecule has 1 fully saturated rings. The largest absolute Gasteiger partial charge is 0.494 e. The molecule has 0 unspecified atom stereocenters.